The topological polar surface area (TPSA) is 57.2 Å². The highest BCUT2D eigenvalue weighted by Crippen LogP contribution is 2.47. The molecule has 118 valence electrons. The Morgan fingerprint density at radius 2 is 1.65 bits per heavy atom. The van der Waals surface area contributed by atoms with Crippen molar-refractivity contribution in [2.75, 3.05) is 52.2 Å². The lowest BCUT2D eigenvalue weighted by Crippen LogP contribution is -2.45. The van der Waals surface area contributed by atoms with E-state index in [0.29, 0.717) is 32.6 Å². The molecule has 2 saturated heterocycles. The summed E-state index contributed by atoms with van der Waals surface area (Å²) in [5.74, 6) is -0.347. The molecule has 0 aromatic heterocycles. The van der Waals surface area contributed by atoms with Crippen molar-refractivity contribution in [1.82, 2.24) is 4.90 Å². The Morgan fingerprint density at radius 1 is 1.10 bits per heavy atom. The fourth-order valence-corrected chi connectivity index (χ4v) is 4.37. The quantitative estimate of drug-likeness (QED) is 0.671. The Kier molecular flexibility index (Phi) is 6.02. The molecule has 0 aromatic rings. The van der Waals surface area contributed by atoms with E-state index in [9.17, 15) is 4.57 Å². The predicted molar refractivity (Wildman–Crippen MR) is 76.0 cm³/mol. The molecule has 0 radical (unpaired) electrons. The van der Waals surface area contributed by atoms with Gasteiger partial charge in [0.2, 0.25) is 0 Å². The lowest BCUT2D eigenvalue weighted by molar-refractivity contribution is -0.184. The second kappa shape index (κ2) is 7.34. The van der Waals surface area contributed by atoms with Gasteiger partial charge in [-0.05, 0) is 13.8 Å². The van der Waals surface area contributed by atoms with Crippen LogP contribution in [-0.2, 0) is 23.1 Å². The van der Waals surface area contributed by atoms with Gasteiger partial charge in [-0.3, -0.25) is 4.57 Å². The van der Waals surface area contributed by atoms with E-state index in [1.54, 1.807) is 0 Å². The molecule has 0 unspecified atom stereocenters. The van der Waals surface area contributed by atoms with E-state index in [1.807, 2.05) is 13.8 Å². The predicted octanol–water partition coefficient (Wildman–Crippen LogP) is 2.09. The van der Waals surface area contributed by atoms with Gasteiger partial charge in [-0.25, -0.2) is 0 Å². The molecule has 6 nitrogen and oxygen atoms in total. The van der Waals surface area contributed by atoms with Gasteiger partial charge in [0.1, 0.15) is 0 Å². The summed E-state index contributed by atoms with van der Waals surface area (Å²) >= 11 is 0. The van der Waals surface area contributed by atoms with Crippen molar-refractivity contribution < 1.29 is 23.1 Å². The Balaban J connectivity index is 1.75. The van der Waals surface area contributed by atoms with Crippen LogP contribution in [0.15, 0.2) is 0 Å². The molecule has 0 amide bonds. The number of ether oxygens (including phenoxy) is 2. The van der Waals surface area contributed by atoms with Crippen molar-refractivity contribution in [2.24, 2.45) is 0 Å². The first-order chi connectivity index (χ1) is 9.61. The van der Waals surface area contributed by atoms with Crippen molar-refractivity contribution in [2.45, 2.75) is 32.5 Å². The molecule has 0 N–H and O–H groups in total. The van der Waals surface area contributed by atoms with Crippen molar-refractivity contribution in [3.05, 3.63) is 0 Å². The van der Waals surface area contributed by atoms with E-state index in [0.717, 1.165) is 32.5 Å². The van der Waals surface area contributed by atoms with Crippen LogP contribution < -0.4 is 0 Å². The molecule has 0 atom stereocenters. The second-order valence-corrected chi connectivity index (χ2v) is 7.30. The van der Waals surface area contributed by atoms with Crippen LogP contribution >= 0.6 is 7.60 Å². The van der Waals surface area contributed by atoms with Crippen LogP contribution in [0.5, 0.6) is 0 Å². The van der Waals surface area contributed by atoms with Crippen LogP contribution in [0.1, 0.15) is 26.7 Å². The molecular formula is C13H26NO5P. The zero-order chi connectivity index (χ0) is 14.5. The monoisotopic (exact) mass is 307 g/mol. The highest BCUT2D eigenvalue weighted by molar-refractivity contribution is 7.53. The third kappa shape index (κ3) is 4.26. The molecule has 20 heavy (non-hydrogen) atoms. The average molecular weight is 307 g/mol. The summed E-state index contributed by atoms with van der Waals surface area (Å²) in [7, 11) is -2.92. The van der Waals surface area contributed by atoms with Crippen LogP contribution in [0.3, 0.4) is 0 Å². The summed E-state index contributed by atoms with van der Waals surface area (Å²) in [5, 5.41) is 0. The van der Waals surface area contributed by atoms with Crippen molar-refractivity contribution in [3.8, 4) is 0 Å². The zero-order valence-corrected chi connectivity index (χ0v) is 13.4. The van der Waals surface area contributed by atoms with Crippen LogP contribution in [-0.4, -0.2) is 62.9 Å². The third-order valence-corrected chi connectivity index (χ3v) is 5.82. The minimum atomic E-state index is -2.92. The van der Waals surface area contributed by atoms with E-state index < -0.39 is 7.60 Å². The van der Waals surface area contributed by atoms with Crippen molar-refractivity contribution >= 4 is 7.60 Å². The third-order valence-electron chi connectivity index (χ3n) is 3.77. The van der Waals surface area contributed by atoms with Crippen LogP contribution in [0.4, 0.5) is 0 Å². The molecule has 2 aliphatic heterocycles. The van der Waals surface area contributed by atoms with E-state index >= 15 is 0 Å². The fourth-order valence-electron chi connectivity index (χ4n) is 2.73. The van der Waals surface area contributed by atoms with Gasteiger partial charge in [0, 0.05) is 32.5 Å². The summed E-state index contributed by atoms with van der Waals surface area (Å²) in [6.45, 7) is 8.44. The molecule has 2 heterocycles. The van der Waals surface area contributed by atoms with Gasteiger partial charge in [0.25, 0.3) is 0 Å². The molecule has 0 aliphatic carbocycles. The van der Waals surface area contributed by atoms with Gasteiger partial charge in [-0.15, -0.1) is 0 Å². The van der Waals surface area contributed by atoms with Gasteiger partial charge >= 0.3 is 7.60 Å². The molecule has 2 fully saturated rings. The summed E-state index contributed by atoms with van der Waals surface area (Å²) in [5.41, 5.74) is 0. The number of likely N-dealkylation sites (tertiary alicyclic amines) is 1. The second-order valence-electron chi connectivity index (χ2n) is 5.12. The standard InChI is InChI=1S/C13H26NO5P/c1-3-18-20(15,19-4-2)12-9-14-7-5-13(6-8-14)16-10-11-17-13/h3-12H2,1-2H3. The van der Waals surface area contributed by atoms with E-state index in [-0.39, 0.29) is 5.79 Å². The number of rotatable bonds is 7. The van der Waals surface area contributed by atoms with Crippen LogP contribution in [0.2, 0.25) is 0 Å². The van der Waals surface area contributed by atoms with E-state index in [1.165, 1.54) is 0 Å². The van der Waals surface area contributed by atoms with Crippen molar-refractivity contribution in [1.29, 1.82) is 0 Å². The molecule has 2 rings (SSSR count). The lowest BCUT2D eigenvalue weighted by Gasteiger charge is -2.37. The largest absolute Gasteiger partial charge is 0.347 e. The van der Waals surface area contributed by atoms with Crippen LogP contribution in [0, 0.1) is 0 Å². The highest BCUT2D eigenvalue weighted by atomic mass is 31.2. The summed E-state index contributed by atoms with van der Waals surface area (Å²) in [6.07, 6.45) is 2.20. The first-order valence-corrected chi connectivity index (χ1v) is 9.22. The Morgan fingerprint density at radius 3 is 2.15 bits per heavy atom. The van der Waals surface area contributed by atoms with E-state index in [2.05, 4.69) is 4.90 Å². The van der Waals surface area contributed by atoms with Gasteiger partial charge in [0.05, 0.1) is 32.6 Å². The highest BCUT2D eigenvalue weighted by Gasteiger charge is 2.40. The van der Waals surface area contributed by atoms with E-state index in [4.69, 9.17) is 18.5 Å². The molecule has 0 bridgehead atoms. The molecule has 0 saturated carbocycles. The normalized spacial score (nSPS) is 23.5. The first kappa shape index (κ1) is 16.4. The number of nitrogens with zero attached hydrogens (tertiary/aromatic N) is 1. The van der Waals surface area contributed by atoms with Crippen LogP contribution in [0.25, 0.3) is 0 Å². The molecule has 0 aromatic carbocycles. The smallest absolute Gasteiger partial charge is 0.331 e. The SMILES string of the molecule is CCOP(=O)(CCN1CCC2(CC1)OCCO2)OCC. The lowest BCUT2D eigenvalue weighted by atomic mass is 10.0. The number of piperidine rings is 1. The van der Waals surface area contributed by atoms with Gasteiger partial charge < -0.3 is 23.4 Å². The first-order valence-electron chi connectivity index (χ1n) is 7.50. The van der Waals surface area contributed by atoms with Gasteiger partial charge in [0.15, 0.2) is 5.79 Å². The minimum absolute atomic E-state index is 0.347. The Hall–Kier alpha value is 0.0300. The summed E-state index contributed by atoms with van der Waals surface area (Å²) < 4.78 is 34.4. The Labute approximate surface area is 121 Å². The number of hydrogen-bond donors (Lipinski definition) is 0. The van der Waals surface area contributed by atoms with Gasteiger partial charge in [-0.1, -0.05) is 0 Å². The van der Waals surface area contributed by atoms with Crippen molar-refractivity contribution in [3.63, 3.8) is 0 Å². The fraction of sp³-hybridized carbons (Fsp3) is 1.00. The number of hydrogen-bond acceptors (Lipinski definition) is 6. The maximum atomic E-state index is 12.4. The molecular weight excluding hydrogens is 281 g/mol. The molecule has 1 spiro atoms. The van der Waals surface area contributed by atoms with Gasteiger partial charge in [-0.2, -0.15) is 0 Å². The minimum Gasteiger partial charge on any atom is -0.347 e. The molecule has 2 aliphatic rings. The zero-order valence-electron chi connectivity index (χ0n) is 12.5. The maximum absolute atomic E-state index is 12.4. The average Bonchev–Trinajstić information content (AvgIpc) is 2.87. The summed E-state index contributed by atoms with van der Waals surface area (Å²) in [6, 6.07) is 0. The summed E-state index contributed by atoms with van der Waals surface area (Å²) in [4.78, 5) is 2.28. The molecule has 7 heteroatoms. The Bertz CT molecular complexity index is 326. The maximum Gasteiger partial charge on any atom is 0.331 e.